The number of hydrogen-bond acceptors (Lipinski definition) is 6. The quantitative estimate of drug-likeness (QED) is 0.418. The van der Waals surface area contributed by atoms with E-state index in [1.54, 1.807) is 24.3 Å². The van der Waals surface area contributed by atoms with Crippen molar-refractivity contribution in [3.05, 3.63) is 47.3 Å². The smallest absolute Gasteiger partial charge is 0.251 e. The summed E-state index contributed by atoms with van der Waals surface area (Å²) in [5.74, 6) is 5.06. The monoisotopic (exact) mass is 258 g/mol. The molecule has 7 nitrogen and oxygen atoms in total. The highest BCUT2D eigenvalue weighted by atomic mass is 16.1. The van der Waals surface area contributed by atoms with Crippen molar-refractivity contribution in [2.75, 3.05) is 5.73 Å². The molecule has 0 unspecified atom stereocenters. The van der Waals surface area contributed by atoms with Crippen molar-refractivity contribution in [3.63, 3.8) is 0 Å². The summed E-state index contributed by atoms with van der Waals surface area (Å²) in [6, 6.07) is 7.04. The Morgan fingerprint density at radius 1 is 1.32 bits per heavy atom. The third kappa shape index (κ3) is 2.14. The number of hydrazine groups is 1. The van der Waals surface area contributed by atoms with Crippen LogP contribution in [0.15, 0.2) is 46.8 Å². The van der Waals surface area contributed by atoms with Gasteiger partial charge in [0.15, 0.2) is 0 Å². The van der Waals surface area contributed by atoms with Gasteiger partial charge in [0.1, 0.15) is 5.70 Å². The molecule has 1 aromatic rings. The lowest BCUT2D eigenvalue weighted by Gasteiger charge is -2.24. The van der Waals surface area contributed by atoms with E-state index in [9.17, 15) is 4.79 Å². The molecule has 0 aliphatic carbocycles. The zero-order chi connectivity index (χ0) is 14.0. The molecule has 98 valence electrons. The Labute approximate surface area is 109 Å². The minimum absolute atomic E-state index is 0.205. The van der Waals surface area contributed by atoms with Crippen molar-refractivity contribution in [1.82, 2.24) is 5.12 Å². The van der Waals surface area contributed by atoms with Gasteiger partial charge in [0.2, 0.25) is 0 Å². The number of hydrazone groups is 1. The van der Waals surface area contributed by atoms with Crippen LogP contribution in [0.25, 0.3) is 5.57 Å². The van der Waals surface area contributed by atoms with Crippen molar-refractivity contribution in [2.45, 2.75) is 0 Å². The van der Waals surface area contributed by atoms with E-state index in [1.165, 1.54) is 12.4 Å². The number of amides is 1. The van der Waals surface area contributed by atoms with E-state index in [1.807, 2.05) is 0 Å². The van der Waals surface area contributed by atoms with E-state index < -0.39 is 5.91 Å². The van der Waals surface area contributed by atoms with Gasteiger partial charge < -0.3 is 17.2 Å². The number of benzene rings is 1. The number of nitrogens with two attached hydrogens (primary N) is 4. The Hall–Kier alpha value is -2.80. The number of nitrogen functional groups attached to an aromatic ring is 1. The molecule has 19 heavy (non-hydrogen) atoms. The maximum atomic E-state index is 11.5. The predicted molar refractivity (Wildman–Crippen MR) is 73.8 cm³/mol. The van der Waals surface area contributed by atoms with Crippen molar-refractivity contribution >= 4 is 23.4 Å². The molecule has 0 atom stereocenters. The molecule has 0 aromatic heterocycles. The first-order chi connectivity index (χ1) is 9.06. The second-order valence-electron chi connectivity index (χ2n) is 3.88. The third-order valence-electron chi connectivity index (χ3n) is 2.74. The van der Waals surface area contributed by atoms with Crippen LogP contribution in [0, 0.1) is 0 Å². The minimum atomic E-state index is -0.630. The first kappa shape index (κ1) is 12.7. The van der Waals surface area contributed by atoms with Crippen LogP contribution in [0.5, 0.6) is 0 Å². The van der Waals surface area contributed by atoms with Crippen molar-refractivity contribution in [2.24, 2.45) is 22.4 Å². The fourth-order valence-electron chi connectivity index (χ4n) is 1.85. The fraction of sp³-hybridized carbons (Fsp3) is 0. The molecule has 0 fully saturated rings. The van der Waals surface area contributed by atoms with Crippen LogP contribution >= 0.6 is 0 Å². The number of carbonyl (C=O) groups is 1. The van der Waals surface area contributed by atoms with Crippen molar-refractivity contribution < 1.29 is 4.79 Å². The molecule has 0 saturated carbocycles. The summed E-state index contributed by atoms with van der Waals surface area (Å²) >= 11 is 0. The number of allylic oxidation sites excluding steroid dienone is 1. The number of nitrogens with zero attached hydrogens (tertiary/aromatic N) is 2. The SMILES string of the molecule is N/C=C1/C(c2ccccc2N)=C(C(N)=O)C=NN1N. The Kier molecular flexibility index (Phi) is 3.21. The lowest BCUT2D eigenvalue weighted by atomic mass is 9.95. The fourth-order valence-corrected chi connectivity index (χ4v) is 1.85. The minimum Gasteiger partial charge on any atom is -0.403 e. The summed E-state index contributed by atoms with van der Waals surface area (Å²) in [6.45, 7) is 0. The first-order valence-electron chi connectivity index (χ1n) is 5.46. The zero-order valence-electron chi connectivity index (χ0n) is 10.1. The summed E-state index contributed by atoms with van der Waals surface area (Å²) < 4.78 is 0. The van der Waals surface area contributed by atoms with E-state index in [2.05, 4.69) is 5.10 Å². The number of carbonyl (C=O) groups excluding carboxylic acids is 1. The molecule has 0 radical (unpaired) electrons. The van der Waals surface area contributed by atoms with E-state index >= 15 is 0 Å². The molecule has 1 heterocycles. The second kappa shape index (κ2) is 4.83. The lowest BCUT2D eigenvalue weighted by Crippen LogP contribution is -2.32. The van der Waals surface area contributed by atoms with Gasteiger partial charge >= 0.3 is 0 Å². The molecule has 2 rings (SSSR count). The Morgan fingerprint density at radius 2 is 2.00 bits per heavy atom. The summed E-state index contributed by atoms with van der Waals surface area (Å²) in [6.07, 6.45) is 2.54. The molecule has 7 heteroatoms. The second-order valence-corrected chi connectivity index (χ2v) is 3.88. The summed E-state index contributed by atoms with van der Waals surface area (Å²) in [5, 5.41) is 4.89. The third-order valence-corrected chi connectivity index (χ3v) is 2.74. The van der Waals surface area contributed by atoms with E-state index in [0.29, 0.717) is 22.5 Å². The predicted octanol–water partition coefficient (Wildman–Crippen LogP) is -0.517. The molecule has 0 spiro atoms. The number of para-hydroxylation sites is 1. The summed E-state index contributed by atoms with van der Waals surface area (Å²) in [4.78, 5) is 11.5. The lowest BCUT2D eigenvalue weighted by molar-refractivity contribution is -0.114. The summed E-state index contributed by atoms with van der Waals surface area (Å²) in [7, 11) is 0. The average Bonchev–Trinajstić information content (AvgIpc) is 2.38. The average molecular weight is 258 g/mol. The van der Waals surface area contributed by atoms with Gasteiger partial charge in [-0.2, -0.15) is 10.2 Å². The van der Waals surface area contributed by atoms with Crippen LogP contribution in [0.1, 0.15) is 5.56 Å². The number of rotatable bonds is 2. The highest BCUT2D eigenvalue weighted by Crippen LogP contribution is 2.32. The van der Waals surface area contributed by atoms with Gasteiger partial charge in [-0.25, -0.2) is 5.84 Å². The van der Waals surface area contributed by atoms with Gasteiger partial charge in [0.05, 0.1) is 11.8 Å². The molecule has 1 aliphatic heterocycles. The first-order valence-corrected chi connectivity index (χ1v) is 5.46. The maximum Gasteiger partial charge on any atom is 0.251 e. The van der Waals surface area contributed by atoms with Gasteiger partial charge in [-0.3, -0.25) is 4.79 Å². The van der Waals surface area contributed by atoms with Gasteiger partial charge in [-0.15, -0.1) is 0 Å². The van der Waals surface area contributed by atoms with Crippen molar-refractivity contribution in [1.29, 1.82) is 0 Å². The Bertz CT molecular complexity index is 616. The molecule has 0 saturated heterocycles. The highest BCUT2D eigenvalue weighted by molar-refractivity contribution is 6.20. The Morgan fingerprint density at radius 3 is 2.58 bits per heavy atom. The Balaban J connectivity index is 2.74. The van der Waals surface area contributed by atoms with Crippen LogP contribution in [-0.2, 0) is 4.79 Å². The van der Waals surface area contributed by atoms with Gasteiger partial charge in [0, 0.05) is 23.0 Å². The largest absolute Gasteiger partial charge is 0.403 e. The van der Waals surface area contributed by atoms with Gasteiger partial charge in [-0.1, -0.05) is 18.2 Å². The number of primary amides is 1. The normalized spacial score (nSPS) is 17.1. The van der Waals surface area contributed by atoms with E-state index in [0.717, 1.165) is 5.12 Å². The molecule has 1 aromatic carbocycles. The molecule has 0 bridgehead atoms. The standard InChI is InChI=1S/C12H14N6O/c13-5-10-11(7-3-1-2-4-9(7)14)8(12(15)19)6-17-18(10)16/h1-6H,13-14,16H2,(H2,15,19)/b10-5-. The number of hydrogen-bond donors (Lipinski definition) is 4. The maximum absolute atomic E-state index is 11.5. The van der Waals surface area contributed by atoms with Gasteiger partial charge in [-0.05, 0) is 6.07 Å². The molecule has 8 N–H and O–H groups in total. The van der Waals surface area contributed by atoms with Crippen LogP contribution in [-0.4, -0.2) is 17.2 Å². The molecular weight excluding hydrogens is 244 g/mol. The zero-order valence-corrected chi connectivity index (χ0v) is 10.1. The van der Waals surface area contributed by atoms with Crippen LogP contribution in [0.4, 0.5) is 5.69 Å². The topological polar surface area (TPSA) is 137 Å². The van der Waals surface area contributed by atoms with Crippen LogP contribution < -0.4 is 23.0 Å². The van der Waals surface area contributed by atoms with Crippen LogP contribution in [0.3, 0.4) is 0 Å². The molecule has 1 amide bonds. The van der Waals surface area contributed by atoms with Gasteiger partial charge in [0.25, 0.3) is 5.91 Å². The number of anilines is 1. The van der Waals surface area contributed by atoms with E-state index in [-0.39, 0.29) is 5.57 Å². The highest BCUT2D eigenvalue weighted by Gasteiger charge is 2.24. The van der Waals surface area contributed by atoms with Crippen molar-refractivity contribution in [3.8, 4) is 0 Å². The van der Waals surface area contributed by atoms with E-state index in [4.69, 9.17) is 23.0 Å². The molecular formula is C12H14N6O. The summed E-state index contributed by atoms with van der Waals surface area (Å²) in [5.41, 5.74) is 18.9. The van der Waals surface area contributed by atoms with Crippen LogP contribution in [0.2, 0.25) is 0 Å². The molecule has 1 aliphatic rings.